The fourth-order valence-electron chi connectivity index (χ4n) is 2.05. The van der Waals surface area contributed by atoms with Crippen molar-refractivity contribution in [3.63, 3.8) is 0 Å². The molecule has 0 aliphatic carbocycles. The number of aryl methyl sites for hydroxylation is 1. The van der Waals surface area contributed by atoms with E-state index in [0.717, 1.165) is 16.0 Å². The molecule has 5 nitrogen and oxygen atoms in total. The Morgan fingerprint density at radius 3 is 2.86 bits per heavy atom. The Morgan fingerprint density at radius 2 is 2.09 bits per heavy atom. The molecule has 0 saturated heterocycles. The molecule has 112 valence electrons. The van der Waals surface area contributed by atoms with Gasteiger partial charge in [-0.2, -0.15) is 0 Å². The van der Waals surface area contributed by atoms with Gasteiger partial charge in [-0.3, -0.25) is 4.79 Å². The molecule has 1 N–H and O–H groups in total. The van der Waals surface area contributed by atoms with Gasteiger partial charge in [0.05, 0.1) is 13.0 Å². The number of aromatic nitrogens is 2. The van der Waals surface area contributed by atoms with Crippen molar-refractivity contribution >= 4 is 17.2 Å². The molecule has 2 aromatic heterocycles. The molecule has 3 rings (SSSR count). The average Bonchev–Trinajstić information content (AvgIpc) is 3.17. The molecule has 6 heteroatoms. The summed E-state index contributed by atoms with van der Waals surface area (Å²) >= 11 is 1.56. The first-order chi connectivity index (χ1) is 10.7. The van der Waals surface area contributed by atoms with Gasteiger partial charge in [0.25, 0.3) is 0 Å². The van der Waals surface area contributed by atoms with Gasteiger partial charge in [0.1, 0.15) is 0 Å². The molecule has 0 aliphatic rings. The van der Waals surface area contributed by atoms with Crippen LogP contribution in [0.25, 0.3) is 11.5 Å². The topological polar surface area (TPSA) is 68.0 Å². The van der Waals surface area contributed by atoms with Crippen LogP contribution in [-0.2, 0) is 17.8 Å². The quantitative estimate of drug-likeness (QED) is 0.786. The molecule has 0 radical (unpaired) electrons. The third-order valence-corrected chi connectivity index (χ3v) is 4.07. The van der Waals surface area contributed by atoms with E-state index in [1.807, 2.05) is 48.7 Å². The van der Waals surface area contributed by atoms with Gasteiger partial charge in [0.15, 0.2) is 0 Å². The molecule has 0 unspecified atom stereocenters. The van der Waals surface area contributed by atoms with Gasteiger partial charge < -0.3 is 9.73 Å². The number of hydrogen-bond acceptors (Lipinski definition) is 5. The zero-order valence-electron chi connectivity index (χ0n) is 12.1. The number of nitrogens with zero attached hydrogens (tertiary/aromatic N) is 2. The van der Waals surface area contributed by atoms with E-state index in [9.17, 15) is 4.79 Å². The predicted molar refractivity (Wildman–Crippen MR) is 84.3 cm³/mol. The standard InChI is InChI=1S/C16H15N3O2S/c1-11-5-2-3-7-13(11)16-19-18-15(21-16)10-17-14(20)9-12-6-4-8-22-12/h2-8H,9-10H2,1H3,(H,17,20). The fraction of sp³-hybridized carbons (Fsp3) is 0.188. The summed E-state index contributed by atoms with van der Waals surface area (Å²) in [6.45, 7) is 2.23. The van der Waals surface area contributed by atoms with Gasteiger partial charge >= 0.3 is 0 Å². The van der Waals surface area contributed by atoms with Gasteiger partial charge in [-0.05, 0) is 30.0 Å². The van der Waals surface area contributed by atoms with E-state index < -0.39 is 0 Å². The van der Waals surface area contributed by atoms with Crippen molar-refractivity contribution in [2.45, 2.75) is 19.9 Å². The minimum atomic E-state index is -0.0573. The van der Waals surface area contributed by atoms with E-state index in [1.54, 1.807) is 11.3 Å². The minimum absolute atomic E-state index is 0.0573. The highest BCUT2D eigenvalue weighted by Gasteiger charge is 2.11. The van der Waals surface area contributed by atoms with Crippen molar-refractivity contribution in [3.8, 4) is 11.5 Å². The number of benzene rings is 1. The second-order valence-corrected chi connectivity index (χ2v) is 5.88. The first-order valence-corrected chi connectivity index (χ1v) is 7.78. The largest absolute Gasteiger partial charge is 0.419 e. The number of hydrogen-bond donors (Lipinski definition) is 1. The molecule has 2 heterocycles. The third-order valence-electron chi connectivity index (χ3n) is 3.19. The van der Waals surface area contributed by atoms with Crippen molar-refractivity contribution in [1.29, 1.82) is 0 Å². The number of carbonyl (C=O) groups is 1. The second kappa shape index (κ2) is 6.53. The third kappa shape index (κ3) is 3.40. The lowest BCUT2D eigenvalue weighted by atomic mass is 10.1. The Kier molecular flexibility index (Phi) is 4.29. The summed E-state index contributed by atoms with van der Waals surface area (Å²) in [6, 6.07) is 11.7. The molecule has 0 atom stereocenters. The van der Waals surface area contributed by atoms with Crippen LogP contribution < -0.4 is 5.32 Å². The molecule has 0 aliphatic heterocycles. The predicted octanol–water partition coefficient (Wildman–Crippen LogP) is 2.97. The van der Waals surface area contributed by atoms with Gasteiger partial charge in [-0.1, -0.05) is 24.3 Å². The normalized spacial score (nSPS) is 10.6. The van der Waals surface area contributed by atoms with Crippen molar-refractivity contribution in [2.24, 2.45) is 0 Å². The molecule has 0 spiro atoms. The van der Waals surface area contributed by atoms with E-state index >= 15 is 0 Å². The molecule has 1 amide bonds. The zero-order chi connectivity index (χ0) is 15.4. The van der Waals surface area contributed by atoms with Crippen LogP contribution in [0, 0.1) is 6.92 Å². The van der Waals surface area contributed by atoms with E-state index in [2.05, 4.69) is 15.5 Å². The summed E-state index contributed by atoms with van der Waals surface area (Å²) in [6.07, 6.45) is 0.371. The number of amides is 1. The Hall–Kier alpha value is -2.47. The molecule has 3 aromatic rings. The Labute approximate surface area is 132 Å². The first kappa shape index (κ1) is 14.5. The lowest BCUT2D eigenvalue weighted by Crippen LogP contribution is -2.24. The molecular formula is C16H15N3O2S. The van der Waals surface area contributed by atoms with Crippen LogP contribution >= 0.6 is 11.3 Å². The Bertz CT molecular complexity index is 765. The highest BCUT2D eigenvalue weighted by atomic mass is 32.1. The van der Waals surface area contributed by atoms with Crippen molar-refractivity contribution in [3.05, 3.63) is 58.1 Å². The summed E-state index contributed by atoms with van der Waals surface area (Å²) < 4.78 is 5.60. The van der Waals surface area contributed by atoms with Gasteiger partial charge in [0, 0.05) is 10.4 Å². The van der Waals surface area contributed by atoms with E-state index in [4.69, 9.17) is 4.42 Å². The number of nitrogens with one attached hydrogen (secondary N) is 1. The SMILES string of the molecule is Cc1ccccc1-c1nnc(CNC(=O)Cc2cccs2)o1. The lowest BCUT2D eigenvalue weighted by Gasteiger charge is -2.01. The minimum Gasteiger partial charge on any atom is -0.419 e. The zero-order valence-corrected chi connectivity index (χ0v) is 12.9. The van der Waals surface area contributed by atoms with Gasteiger partial charge in [-0.15, -0.1) is 21.5 Å². The van der Waals surface area contributed by atoms with E-state index in [0.29, 0.717) is 18.2 Å². The summed E-state index contributed by atoms with van der Waals surface area (Å²) in [4.78, 5) is 12.9. The smallest absolute Gasteiger partial charge is 0.248 e. The second-order valence-electron chi connectivity index (χ2n) is 4.85. The van der Waals surface area contributed by atoms with Crippen molar-refractivity contribution in [2.75, 3.05) is 0 Å². The maximum atomic E-state index is 11.8. The lowest BCUT2D eigenvalue weighted by molar-refractivity contribution is -0.120. The fourth-order valence-corrected chi connectivity index (χ4v) is 2.76. The van der Waals surface area contributed by atoms with Crippen LogP contribution in [0.15, 0.2) is 46.2 Å². The summed E-state index contributed by atoms with van der Waals surface area (Å²) in [7, 11) is 0. The summed E-state index contributed by atoms with van der Waals surface area (Å²) in [5.74, 6) is 0.816. The van der Waals surface area contributed by atoms with Crippen LogP contribution in [0.2, 0.25) is 0 Å². The summed E-state index contributed by atoms with van der Waals surface area (Å²) in [5.41, 5.74) is 1.98. The van der Waals surface area contributed by atoms with Gasteiger partial charge in [-0.25, -0.2) is 0 Å². The van der Waals surface area contributed by atoms with Crippen LogP contribution in [-0.4, -0.2) is 16.1 Å². The maximum absolute atomic E-state index is 11.8. The van der Waals surface area contributed by atoms with Crippen LogP contribution in [0.5, 0.6) is 0 Å². The van der Waals surface area contributed by atoms with E-state index in [-0.39, 0.29) is 12.5 Å². The van der Waals surface area contributed by atoms with E-state index in [1.165, 1.54) is 0 Å². The van der Waals surface area contributed by atoms with Crippen LogP contribution in [0.4, 0.5) is 0 Å². The molecule has 0 saturated carbocycles. The summed E-state index contributed by atoms with van der Waals surface area (Å²) in [5, 5.41) is 12.8. The molecule has 0 fully saturated rings. The Balaban J connectivity index is 1.60. The molecule has 22 heavy (non-hydrogen) atoms. The highest BCUT2D eigenvalue weighted by molar-refractivity contribution is 7.10. The molecular weight excluding hydrogens is 298 g/mol. The first-order valence-electron chi connectivity index (χ1n) is 6.90. The van der Waals surface area contributed by atoms with Crippen LogP contribution in [0.3, 0.4) is 0 Å². The molecule has 1 aromatic carbocycles. The highest BCUT2D eigenvalue weighted by Crippen LogP contribution is 2.21. The number of thiophene rings is 1. The monoisotopic (exact) mass is 313 g/mol. The number of carbonyl (C=O) groups excluding carboxylic acids is 1. The number of rotatable bonds is 5. The van der Waals surface area contributed by atoms with Crippen molar-refractivity contribution in [1.82, 2.24) is 15.5 Å². The molecule has 0 bridgehead atoms. The maximum Gasteiger partial charge on any atom is 0.248 e. The van der Waals surface area contributed by atoms with Crippen molar-refractivity contribution < 1.29 is 9.21 Å². The van der Waals surface area contributed by atoms with Crippen LogP contribution in [0.1, 0.15) is 16.3 Å². The van der Waals surface area contributed by atoms with Gasteiger partial charge in [0.2, 0.25) is 17.7 Å². The Morgan fingerprint density at radius 1 is 1.23 bits per heavy atom. The average molecular weight is 313 g/mol.